The molecule has 1 aromatic heterocycles. The van der Waals surface area contributed by atoms with Crippen molar-refractivity contribution < 1.29 is 4.79 Å². The van der Waals surface area contributed by atoms with Gasteiger partial charge in [0.25, 0.3) is 0 Å². The van der Waals surface area contributed by atoms with Crippen LogP contribution in [0.15, 0.2) is 97.1 Å². The first-order valence-electron chi connectivity index (χ1n) is 9.16. The number of nitrogens with zero attached hydrogens (tertiary/aromatic N) is 1. The van der Waals surface area contributed by atoms with Crippen LogP contribution in [-0.4, -0.2) is 25.8 Å². The van der Waals surface area contributed by atoms with E-state index in [-0.39, 0.29) is 15.0 Å². The first kappa shape index (κ1) is 17.0. The molecule has 0 aliphatic carbocycles. The van der Waals surface area contributed by atoms with Gasteiger partial charge in [-0.2, -0.15) is 0 Å². The molecule has 0 unspecified atom stereocenters. The van der Waals surface area contributed by atoms with Gasteiger partial charge < -0.3 is 0 Å². The second-order valence-electron chi connectivity index (χ2n) is 6.63. The molecule has 5 rings (SSSR count). The molecule has 0 atom stereocenters. The van der Waals surface area contributed by atoms with Crippen LogP contribution in [0.3, 0.4) is 0 Å². The summed E-state index contributed by atoms with van der Waals surface area (Å²) in [6, 6.07) is 33.4. The third-order valence-corrected chi connectivity index (χ3v) is 7.19. The Bertz CT molecular complexity index is 1290. The number of fused-ring (bicyclic) bond motifs is 3. The standard InChI is InChI=1S/C25H17NOSe/c27-17-18-15-24-22(16-25(18)28-20-11-5-2-6-12-20)21-13-7-8-14-23(21)26(24)19-9-3-1-4-10-19/h1-17H. The molecule has 3 heteroatoms. The van der Waals surface area contributed by atoms with E-state index in [1.165, 1.54) is 15.2 Å². The molecule has 0 spiro atoms. The van der Waals surface area contributed by atoms with E-state index in [2.05, 4.69) is 77.4 Å². The van der Waals surface area contributed by atoms with Crippen LogP contribution in [0.1, 0.15) is 10.4 Å². The van der Waals surface area contributed by atoms with Gasteiger partial charge in [0.1, 0.15) is 0 Å². The first-order chi connectivity index (χ1) is 13.8. The fourth-order valence-electron chi connectivity index (χ4n) is 3.66. The molecule has 0 saturated carbocycles. The zero-order chi connectivity index (χ0) is 18.9. The maximum absolute atomic E-state index is 11.9. The number of benzene rings is 4. The number of carbonyl (C=O) groups is 1. The van der Waals surface area contributed by atoms with Crippen molar-refractivity contribution in [1.29, 1.82) is 0 Å². The number of hydrogen-bond donors (Lipinski definition) is 0. The Kier molecular flexibility index (Phi) is 4.32. The zero-order valence-corrected chi connectivity index (χ0v) is 16.8. The van der Waals surface area contributed by atoms with Crippen LogP contribution in [0, 0.1) is 0 Å². The van der Waals surface area contributed by atoms with Crippen LogP contribution < -0.4 is 8.92 Å². The van der Waals surface area contributed by atoms with E-state index >= 15 is 0 Å². The third-order valence-electron chi connectivity index (χ3n) is 4.92. The molecule has 0 N–H and O–H groups in total. The van der Waals surface area contributed by atoms with Crippen LogP contribution in [0.5, 0.6) is 0 Å². The van der Waals surface area contributed by atoms with Gasteiger partial charge >= 0.3 is 170 Å². The van der Waals surface area contributed by atoms with Gasteiger partial charge in [-0.15, -0.1) is 0 Å². The van der Waals surface area contributed by atoms with Crippen LogP contribution >= 0.6 is 0 Å². The molecule has 0 amide bonds. The minimum absolute atomic E-state index is 0.0850. The molecule has 0 fully saturated rings. The Labute approximate surface area is 169 Å². The van der Waals surface area contributed by atoms with E-state index in [4.69, 9.17) is 0 Å². The summed E-state index contributed by atoms with van der Waals surface area (Å²) in [4.78, 5) is 11.9. The van der Waals surface area contributed by atoms with Gasteiger partial charge in [-0.1, -0.05) is 0 Å². The summed E-state index contributed by atoms with van der Waals surface area (Å²) >= 11 is 0.0850. The molecular formula is C25H17NOSe. The van der Waals surface area contributed by atoms with Gasteiger partial charge in [-0.3, -0.25) is 0 Å². The van der Waals surface area contributed by atoms with Crippen molar-refractivity contribution in [3.63, 3.8) is 0 Å². The molecule has 1 heterocycles. The topological polar surface area (TPSA) is 22.0 Å². The predicted molar refractivity (Wildman–Crippen MR) is 118 cm³/mol. The van der Waals surface area contributed by atoms with Crippen LogP contribution in [0.2, 0.25) is 0 Å². The molecule has 134 valence electrons. The number of carbonyl (C=O) groups excluding carboxylic acids is 1. The molecule has 28 heavy (non-hydrogen) atoms. The number of para-hydroxylation sites is 2. The quantitative estimate of drug-likeness (QED) is 0.311. The van der Waals surface area contributed by atoms with Gasteiger partial charge in [0.2, 0.25) is 0 Å². The van der Waals surface area contributed by atoms with Crippen molar-refractivity contribution in [2.24, 2.45) is 0 Å². The Hall–Kier alpha value is -3.13. The molecule has 0 radical (unpaired) electrons. The van der Waals surface area contributed by atoms with E-state index < -0.39 is 0 Å². The van der Waals surface area contributed by atoms with Gasteiger partial charge in [0.05, 0.1) is 0 Å². The maximum atomic E-state index is 11.9. The summed E-state index contributed by atoms with van der Waals surface area (Å²) in [5.74, 6) is 0. The van der Waals surface area contributed by atoms with Crippen molar-refractivity contribution >= 4 is 52.0 Å². The van der Waals surface area contributed by atoms with Gasteiger partial charge in [0, 0.05) is 0 Å². The Morgan fingerprint density at radius 1 is 0.679 bits per heavy atom. The molecule has 5 aromatic rings. The van der Waals surface area contributed by atoms with Crippen molar-refractivity contribution in [3.8, 4) is 5.69 Å². The van der Waals surface area contributed by atoms with Gasteiger partial charge in [-0.05, 0) is 0 Å². The number of hydrogen-bond acceptors (Lipinski definition) is 1. The SMILES string of the molecule is O=Cc1cc2c(cc1[Se]c1ccccc1)c1ccccc1n2-c1ccccc1. The summed E-state index contributed by atoms with van der Waals surface area (Å²) in [7, 11) is 0. The summed E-state index contributed by atoms with van der Waals surface area (Å²) in [6.07, 6.45) is 0.993. The molecule has 0 saturated heterocycles. The fourth-order valence-corrected chi connectivity index (χ4v) is 5.65. The first-order valence-corrected chi connectivity index (χ1v) is 10.9. The molecule has 4 aromatic carbocycles. The van der Waals surface area contributed by atoms with Crippen molar-refractivity contribution in [1.82, 2.24) is 4.57 Å². The number of rotatable bonds is 4. The van der Waals surface area contributed by atoms with Crippen molar-refractivity contribution in [3.05, 3.63) is 103 Å². The Morgan fingerprint density at radius 3 is 2.11 bits per heavy atom. The van der Waals surface area contributed by atoms with E-state index in [1.54, 1.807) is 0 Å². The van der Waals surface area contributed by atoms with E-state index in [0.717, 1.165) is 33.0 Å². The van der Waals surface area contributed by atoms with Gasteiger partial charge in [0.15, 0.2) is 0 Å². The van der Waals surface area contributed by atoms with Crippen molar-refractivity contribution in [2.75, 3.05) is 0 Å². The minimum atomic E-state index is 0.0850. The van der Waals surface area contributed by atoms with Crippen LogP contribution in [0.25, 0.3) is 27.5 Å². The number of aldehydes is 1. The van der Waals surface area contributed by atoms with Crippen molar-refractivity contribution in [2.45, 2.75) is 0 Å². The van der Waals surface area contributed by atoms with E-state index in [1.807, 2.05) is 24.3 Å². The summed E-state index contributed by atoms with van der Waals surface area (Å²) < 4.78 is 4.64. The second kappa shape index (κ2) is 7.12. The summed E-state index contributed by atoms with van der Waals surface area (Å²) in [5.41, 5.74) is 4.11. The van der Waals surface area contributed by atoms with Crippen LogP contribution in [-0.2, 0) is 0 Å². The normalized spacial score (nSPS) is 11.1. The van der Waals surface area contributed by atoms with E-state index in [9.17, 15) is 4.79 Å². The van der Waals surface area contributed by atoms with Gasteiger partial charge in [-0.25, -0.2) is 0 Å². The Morgan fingerprint density at radius 2 is 1.36 bits per heavy atom. The summed E-state index contributed by atoms with van der Waals surface area (Å²) in [5, 5.41) is 2.40. The molecular weight excluding hydrogens is 409 g/mol. The average molecular weight is 426 g/mol. The average Bonchev–Trinajstić information content (AvgIpc) is 3.08. The second-order valence-corrected chi connectivity index (χ2v) is 8.97. The fraction of sp³-hybridized carbons (Fsp3) is 0. The molecule has 0 aliphatic heterocycles. The molecule has 0 bridgehead atoms. The van der Waals surface area contributed by atoms with Crippen LogP contribution in [0.4, 0.5) is 0 Å². The Balaban J connectivity index is 1.81. The predicted octanol–water partition coefficient (Wildman–Crippen LogP) is 4.25. The van der Waals surface area contributed by atoms with E-state index in [0.29, 0.717) is 0 Å². The molecule has 0 aliphatic rings. The zero-order valence-electron chi connectivity index (χ0n) is 15.1. The summed E-state index contributed by atoms with van der Waals surface area (Å²) in [6.45, 7) is 0. The molecule has 2 nitrogen and oxygen atoms in total. The number of aromatic nitrogens is 1. The monoisotopic (exact) mass is 427 g/mol. The third kappa shape index (κ3) is 2.86.